The van der Waals surface area contributed by atoms with E-state index in [-0.39, 0.29) is 12.3 Å². The normalized spacial score (nSPS) is 18.1. The molecule has 1 aromatic carbocycles. The Morgan fingerprint density at radius 1 is 1.06 bits per heavy atom. The van der Waals surface area contributed by atoms with Crippen molar-refractivity contribution in [2.24, 2.45) is 5.41 Å². The molecule has 1 heterocycles. The summed E-state index contributed by atoms with van der Waals surface area (Å²) in [5.74, 6) is -2.30. The lowest BCUT2D eigenvalue weighted by Crippen LogP contribution is -2.49. The van der Waals surface area contributed by atoms with Crippen molar-refractivity contribution in [3.63, 3.8) is 0 Å². The molecular formula is C23H32N2O8. The van der Waals surface area contributed by atoms with Crippen LogP contribution in [-0.4, -0.2) is 69.1 Å². The highest BCUT2D eigenvalue weighted by atomic mass is 16.7. The van der Waals surface area contributed by atoms with E-state index in [1.807, 2.05) is 30.3 Å². The maximum atomic E-state index is 12.6. The van der Waals surface area contributed by atoms with Crippen molar-refractivity contribution in [3.8, 4) is 0 Å². The lowest BCUT2D eigenvalue weighted by molar-refractivity contribution is -0.173. The van der Waals surface area contributed by atoms with Crippen molar-refractivity contribution in [1.82, 2.24) is 10.6 Å². The Kier molecular flexibility index (Phi) is 9.80. The van der Waals surface area contributed by atoms with Gasteiger partial charge in [-0.15, -0.1) is 0 Å². The minimum absolute atomic E-state index is 0.271. The van der Waals surface area contributed by atoms with E-state index in [0.717, 1.165) is 5.56 Å². The standard InChI is InChI=1S/C23H32N2O8/c1-23(2,3)22(29)32-14-31-21(28)18-17(33-18)20(27)25-16(13-15-9-6-5-7-10-15)19(26)24-11-8-12-30-4/h5-7,9-10,16-18H,8,11-14H2,1-4H3,(H,24,26)(H,25,27)/t16-,17-,18-/m0/s1. The van der Waals surface area contributed by atoms with Gasteiger partial charge in [0.2, 0.25) is 12.7 Å². The highest BCUT2D eigenvalue weighted by molar-refractivity contribution is 5.95. The quantitative estimate of drug-likeness (QED) is 0.200. The van der Waals surface area contributed by atoms with Gasteiger partial charge in [0.1, 0.15) is 6.04 Å². The number of epoxide rings is 1. The number of ether oxygens (including phenoxy) is 4. The highest BCUT2D eigenvalue weighted by Gasteiger charge is 2.52. The first-order valence-electron chi connectivity index (χ1n) is 10.7. The van der Waals surface area contributed by atoms with E-state index in [1.165, 1.54) is 0 Å². The SMILES string of the molecule is COCCCNC(=O)[C@H](Cc1ccccc1)NC(=O)[C@H]1O[C@@H]1C(=O)OCOC(=O)C(C)(C)C. The van der Waals surface area contributed by atoms with Crippen molar-refractivity contribution < 1.29 is 38.1 Å². The van der Waals surface area contributed by atoms with Crippen LogP contribution >= 0.6 is 0 Å². The fraction of sp³-hybridized carbons (Fsp3) is 0.565. The first-order chi connectivity index (χ1) is 15.6. The van der Waals surface area contributed by atoms with E-state index in [0.29, 0.717) is 19.6 Å². The Morgan fingerprint density at radius 2 is 1.76 bits per heavy atom. The van der Waals surface area contributed by atoms with Crippen LogP contribution in [0.2, 0.25) is 0 Å². The maximum absolute atomic E-state index is 12.6. The van der Waals surface area contributed by atoms with E-state index in [4.69, 9.17) is 18.9 Å². The fourth-order valence-corrected chi connectivity index (χ4v) is 2.79. The zero-order valence-corrected chi connectivity index (χ0v) is 19.4. The maximum Gasteiger partial charge on any atom is 0.341 e. The molecule has 0 spiro atoms. The molecule has 182 valence electrons. The summed E-state index contributed by atoms with van der Waals surface area (Å²) in [6.07, 6.45) is -1.28. The number of hydrogen-bond donors (Lipinski definition) is 2. The van der Waals surface area contributed by atoms with E-state index in [1.54, 1.807) is 27.9 Å². The topological polar surface area (TPSA) is 133 Å². The van der Waals surface area contributed by atoms with Gasteiger partial charge in [-0.1, -0.05) is 30.3 Å². The molecule has 0 saturated carbocycles. The number of nitrogens with one attached hydrogen (secondary N) is 2. The molecule has 0 radical (unpaired) electrons. The minimum Gasteiger partial charge on any atom is -0.427 e. The number of amides is 2. The van der Waals surface area contributed by atoms with Crippen LogP contribution < -0.4 is 10.6 Å². The Balaban J connectivity index is 1.87. The second kappa shape index (κ2) is 12.3. The molecule has 0 unspecified atom stereocenters. The first kappa shape index (κ1) is 26.3. The van der Waals surface area contributed by atoms with Crippen molar-refractivity contribution >= 4 is 23.8 Å². The third-order valence-electron chi connectivity index (χ3n) is 4.73. The van der Waals surface area contributed by atoms with Gasteiger partial charge in [0, 0.05) is 26.7 Å². The Labute approximate surface area is 193 Å². The molecule has 33 heavy (non-hydrogen) atoms. The average Bonchev–Trinajstić information content (AvgIpc) is 3.57. The molecule has 2 rings (SSSR count). The molecule has 2 amide bonds. The second-order valence-electron chi connectivity index (χ2n) is 8.63. The molecule has 0 bridgehead atoms. The van der Waals surface area contributed by atoms with Gasteiger partial charge in [0.05, 0.1) is 5.41 Å². The smallest absolute Gasteiger partial charge is 0.341 e. The van der Waals surface area contributed by atoms with Gasteiger partial charge in [0.25, 0.3) is 5.91 Å². The van der Waals surface area contributed by atoms with Crippen LogP contribution in [-0.2, 0) is 44.5 Å². The third kappa shape index (κ3) is 8.82. The Bertz CT molecular complexity index is 822. The molecule has 1 fully saturated rings. The van der Waals surface area contributed by atoms with Crippen LogP contribution in [0.3, 0.4) is 0 Å². The fourth-order valence-electron chi connectivity index (χ4n) is 2.79. The number of carbonyl (C=O) groups is 4. The zero-order valence-electron chi connectivity index (χ0n) is 19.4. The highest BCUT2D eigenvalue weighted by Crippen LogP contribution is 2.24. The number of methoxy groups -OCH3 is 1. The van der Waals surface area contributed by atoms with Crippen LogP contribution in [0.4, 0.5) is 0 Å². The molecule has 1 aliphatic rings. The lowest BCUT2D eigenvalue weighted by Gasteiger charge is -2.18. The van der Waals surface area contributed by atoms with Gasteiger partial charge in [0.15, 0.2) is 12.2 Å². The van der Waals surface area contributed by atoms with Gasteiger partial charge in [-0.2, -0.15) is 0 Å². The van der Waals surface area contributed by atoms with Gasteiger partial charge in [-0.25, -0.2) is 4.79 Å². The van der Waals surface area contributed by atoms with Crippen LogP contribution in [0.1, 0.15) is 32.8 Å². The van der Waals surface area contributed by atoms with E-state index >= 15 is 0 Å². The first-order valence-corrected chi connectivity index (χ1v) is 10.7. The Hall–Kier alpha value is -2.98. The summed E-state index contributed by atoms with van der Waals surface area (Å²) >= 11 is 0. The van der Waals surface area contributed by atoms with E-state index in [2.05, 4.69) is 10.6 Å². The van der Waals surface area contributed by atoms with Gasteiger partial charge in [-0.3, -0.25) is 14.4 Å². The molecule has 10 heteroatoms. The molecular weight excluding hydrogens is 432 g/mol. The van der Waals surface area contributed by atoms with Crippen molar-refractivity contribution in [2.45, 2.75) is 51.9 Å². The minimum atomic E-state index is -1.11. The number of rotatable bonds is 12. The monoisotopic (exact) mass is 464 g/mol. The number of benzene rings is 1. The van der Waals surface area contributed by atoms with Crippen LogP contribution in [0.25, 0.3) is 0 Å². The number of hydrogen-bond acceptors (Lipinski definition) is 8. The molecule has 1 saturated heterocycles. The third-order valence-corrected chi connectivity index (χ3v) is 4.73. The molecule has 3 atom stereocenters. The van der Waals surface area contributed by atoms with Crippen LogP contribution in [0, 0.1) is 5.41 Å². The summed E-state index contributed by atoms with van der Waals surface area (Å²) in [7, 11) is 1.58. The van der Waals surface area contributed by atoms with Crippen LogP contribution in [0.5, 0.6) is 0 Å². The lowest BCUT2D eigenvalue weighted by atomic mass is 9.98. The molecule has 1 aliphatic heterocycles. The summed E-state index contributed by atoms with van der Waals surface area (Å²) in [6.45, 7) is 5.34. The molecule has 0 aliphatic carbocycles. The predicted octanol–water partition coefficient (Wildman–Crippen LogP) is 0.724. The molecule has 10 nitrogen and oxygen atoms in total. The molecule has 1 aromatic rings. The summed E-state index contributed by atoms with van der Waals surface area (Å²) in [5.41, 5.74) is 0.131. The van der Waals surface area contributed by atoms with E-state index in [9.17, 15) is 19.2 Å². The summed E-state index contributed by atoms with van der Waals surface area (Å²) in [5, 5.41) is 5.42. The van der Waals surface area contributed by atoms with Crippen molar-refractivity contribution in [1.29, 1.82) is 0 Å². The largest absolute Gasteiger partial charge is 0.427 e. The summed E-state index contributed by atoms with van der Waals surface area (Å²) < 4.78 is 19.8. The van der Waals surface area contributed by atoms with Gasteiger partial charge >= 0.3 is 11.9 Å². The van der Waals surface area contributed by atoms with Crippen molar-refractivity contribution in [3.05, 3.63) is 35.9 Å². The van der Waals surface area contributed by atoms with Gasteiger partial charge in [-0.05, 0) is 32.8 Å². The van der Waals surface area contributed by atoms with Crippen molar-refractivity contribution in [2.75, 3.05) is 27.1 Å². The predicted molar refractivity (Wildman–Crippen MR) is 117 cm³/mol. The second-order valence-corrected chi connectivity index (χ2v) is 8.63. The summed E-state index contributed by atoms with van der Waals surface area (Å²) in [6, 6.07) is 8.39. The van der Waals surface area contributed by atoms with Crippen LogP contribution in [0.15, 0.2) is 30.3 Å². The number of carbonyl (C=O) groups excluding carboxylic acids is 4. The van der Waals surface area contributed by atoms with Gasteiger partial charge < -0.3 is 29.6 Å². The molecule has 2 N–H and O–H groups in total. The Morgan fingerprint density at radius 3 is 2.39 bits per heavy atom. The van der Waals surface area contributed by atoms with E-state index < -0.39 is 48.3 Å². The average molecular weight is 465 g/mol. The summed E-state index contributed by atoms with van der Waals surface area (Å²) in [4.78, 5) is 49.0. The molecule has 0 aromatic heterocycles. The number of esters is 2. The zero-order chi connectivity index (χ0) is 24.4.